The molecule has 0 bridgehead atoms. The molecule has 2 amide bonds. The average molecular weight is 460 g/mol. The van der Waals surface area contributed by atoms with Gasteiger partial charge >= 0.3 is 0 Å². The highest BCUT2D eigenvalue weighted by Gasteiger charge is 2.27. The Morgan fingerprint density at radius 1 is 1.06 bits per heavy atom. The largest absolute Gasteiger partial charge is 0.378 e. The molecule has 1 aliphatic rings. The van der Waals surface area contributed by atoms with Crippen molar-refractivity contribution < 1.29 is 22.7 Å². The summed E-state index contributed by atoms with van der Waals surface area (Å²) in [5.41, 5.74) is 1.74. The van der Waals surface area contributed by atoms with E-state index in [9.17, 15) is 18.0 Å². The van der Waals surface area contributed by atoms with Crippen molar-refractivity contribution >= 4 is 33.0 Å². The van der Waals surface area contributed by atoms with Crippen molar-refractivity contribution in [3.63, 3.8) is 0 Å². The first-order chi connectivity index (χ1) is 15.2. The molecule has 0 saturated carbocycles. The number of rotatable bonds is 7. The van der Waals surface area contributed by atoms with Crippen molar-refractivity contribution in [3.8, 4) is 0 Å². The van der Waals surface area contributed by atoms with Crippen LogP contribution in [0.25, 0.3) is 0 Å². The molecule has 8 nitrogen and oxygen atoms in total. The summed E-state index contributed by atoms with van der Waals surface area (Å²) in [7, 11) is -2.16. The summed E-state index contributed by atoms with van der Waals surface area (Å²) in [5.74, 6) is -0.896. The van der Waals surface area contributed by atoms with Crippen LogP contribution < -0.4 is 10.2 Å². The first kappa shape index (κ1) is 23.7. The molecule has 32 heavy (non-hydrogen) atoms. The van der Waals surface area contributed by atoms with Crippen LogP contribution in [-0.2, 0) is 19.4 Å². The Hall–Kier alpha value is -2.91. The van der Waals surface area contributed by atoms with Gasteiger partial charge in [-0.2, -0.15) is 0 Å². The molecular weight excluding hydrogens is 430 g/mol. The van der Waals surface area contributed by atoms with Crippen molar-refractivity contribution in [2.75, 3.05) is 50.1 Å². The van der Waals surface area contributed by atoms with E-state index in [0.717, 1.165) is 18.8 Å². The number of nitrogens with one attached hydrogen (secondary N) is 1. The highest BCUT2D eigenvalue weighted by molar-refractivity contribution is 7.92. The van der Waals surface area contributed by atoms with E-state index in [2.05, 4.69) is 10.2 Å². The number of anilines is 2. The lowest BCUT2D eigenvalue weighted by Crippen LogP contribution is -2.36. The Morgan fingerprint density at radius 3 is 2.31 bits per heavy atom. The minimum Gasteiger partial charge on any atom is -0.378 e. The maximum atomic E-state index is 12.9. The van der Waals surface area contributed by atoms with Crippen molar-refractivity contribution in [1.29, 1.82) is 0 Å². The third-order valence-corrected chi connectivity index (χ3v) is 7.51. The standard InChI is InChI=1S/C23H29N3O5S/c1-17(2)32(29,30)21-7-5-4-6-20(21)23(28)25(3)16-22(27)24-18-8-10-19(11-9-18)26-12-14-31-15-13-26/h4-11,17H,12-16H2,1-3H3,(H,24,27). The molecule has 1 heterocycles. The number of benzene rings is 2. The van der Waals surface area contributed by atoms with Crippen LogP contribution in [0.15, 0.2) is 53.4 Å². The van der Waals surface area contributed by atoms with Gasteiger partial charge < -0.3 is 19.9 Å². The number of morpholine rings is 1. The molecule has 1 saturated heterocycles. The van der Waals surface area contributed by atoms with E-state index in [1.165, 1.54) is 24.1 Å². The highest BCUT2D eigenvalue weighted by atomic mass is 32.2. The molecule has 0 aromatic heterocycles. The minimum atomic E-state index is -3.64. The first-order valence-corrected chi connectivity index (χ1v) is 12.1. The third-order valence-electron chi connectivity index (χ3n) is 5.30. The monoisotopic (exact) mass is 459 g/mol. The van der Waals surface area contributed by atoms with Gasteiger partial charge in [0.2, 0.25) is 5.91 Å². The summed E-state index contributed by atoms with van der Waals surface area (Å²) < 4.78 is 30.6. The second kappa shape index (κ2) is 10.1. The van der Waals surface area contributed by atoms with Gasteiger partial charge in [0.05, 0.1) is 35.5 Å². The molecule has 0 spiro atoms. The summed E-state index contributed by atoms with van der Waals surface area (Å²) in [6.07, 6.45) is 0. The van der Waals surface area contributed by atoms with Gasteiger partial charge in [0.25, 0.3) is 5.91 Å². The van der Waals surface area contributed by atoms with Crippen LogP contribution in [0, 0.1) is 0 Å². The van der Waals surface area contributed by atoms with E-state index >= 15 is 0 Å². The fourth-order valence-corrected chi connectivity index (χ4v) is 4.65. The van der Waals surface area contributed by atoms with Crippen molar-refractivity contribution in [3.05, 3.63) is 54.1 Å². The number of amides is 2. The fraction of sp³-hybridized carbons (Fsp3) is 0.391. The summed E-state index contributed by atoms with van der Waals surface area (Å²) in [4.78, 5) is 28.8. The third kappa shape index (κ3) is 5.46. The minimum absolute atomic E-state index is 0.0223. The van der Waals surface area contributed by atoms with Gasteiger partial charge in [0.15, 0.2) is 9.84 Å². The molecular formula is C23H29N3O5S. The summed E-state index contributed by atoms with van der Waals surface area (Å²) in [6.45, 7) is 5.97. The van der Waals surface area contributed by atoms with Crippen LogP contribution in [0.1, 0.15) is 24.2 Å². The Morgan fingerprint density at radius 2 is 1.69 bits per heavy atom. The molecule has 9 heteroatoms. The number of hydrogen-bond acceptors (Lipinski definition) is 6. The van der Waals surface area contributed by atoms with Crippen LogP contribution >= 0.6 is 0 Å². The number of carbonyl (C=O) groups excluding carboxylic acids is 2. The van der Waals surface area contributed by atoms with Gasteiger partial charge in [-0.1, -0.05) is 12.1 Å². The second-order valence-corrected chi connectivity index (χ2v) is 10.4. The molecule has 0 aliphatic carbocycles. The Bertz CT molecular complexity index is 1060. The zero-order valence-electron chi connectivity index (χ0n) is 18.6. The number of nitrogens with zero attached hydrogens (tertiary/aromatic N) is 2. The normalized spacial score (nSPS) is 14.3. The van der Waals surface area contributed by atoms with Crippen LogP contribution in [0.3, 0.4) is 0 Å². The molecule has 0 atom stereocenters. The summed E-state index contributed by atoms with van der Waals surface area (Å²) in [6, 6.07) is 13.6. The molecule has 1 aliphatic heterocycles. The van der Waals surface area contributed by atoms with Crippen LogP contribution in [-0.4, -0.2) is 70.3 Å². The van der Waals surface area contributed by atoms with Crippen molar-refractivity contribution in [2.45, 2.75) is 24.0 Å². The zero-order valence-corrected chi connectivity index (χ0v) is 19.4. The Labute approximate surface area is 189 Å². The maximum Gasteiger partial charge on any atom is 0.255 e. The molecule has 1 N–H and O–H groups in total. The quantitative estimate of drug-likeness (QED) is 0.683. The molecule has 0 unspecified atom stereocenters. The van der Waals surface area contributed by atoms with E-state index in [1.54, 1.807) is 26.0 Å². The van der Waals surface area contributed by atoms with Crippen molar-refractivity contribution in [1.82, 2.24) is 4.90 Å². The Kier molecular flexibility index (Phi) is 7.52. The summed E-state index contributed by atoms with van der Waals surface area (Å²) >= 11 is 0. The van der Waals surface area contributed by atoms with E-state index in [1.807, 2.05) is 24.3 Å². The fourth-order valence-electron chi connectivity index (χ4n) is 3.42. The van der Waals surface area contributed by atoms with Gasteiger partial charge in [0.1, 0.15) is 0 Å². The van der Waals surface area contributed by atoms with E-state index in [-0.39, 0.29) is 22.9 Å². The molecule has 2 aromatic rings. The average Bonchev–Trinajstić information content (AvgIpc) is 2.79. The van der Waals surface area contributed by atoms with Crippen LogP contribution in [0.4, 0.5) is 11.4 Å². The van der Waals surface area contributed by atoms with Gasteiger partial charge in [-0.05, 0) is 50.2 Å². The SMILES string of the molecule is CC(C)S(=O)(=O)c1ccccc1C(=O)N(C)CC(=O)Nc1ccc(N2CCOCC2)cc1. The predicted molar refractivity (Wildman–Crippen MR) is 124 cm³/mol. The molecule has 2 aromatic carbocycles. The smallest absolute Gasteiger partial charge is 0.255 e. The number of likely N-dealkylation sites (N-methyl/N-ethyl adjacent to an activating group) is 1. The van der Waals surface area contributed by atoms with E-state index < -0.39 is 21.0 Å². The second-order valence-electron chi connectivity index (χ2n) is 7.95. The molecule has 3 rings (SSSR count). The van der Waals surface area contributed by atoms with Crippen LogP contribution in [0.5, 0.6) is 0 Å². The summed E-state index contributed by atoms with van der Waals surface area (Å²) in [5, 5.41) is 2.12. The lowest BCUT2D eigenvalue weighted by atomic mass is 10.2. The van der Waals surface area contributed by atoms with Gasteiger partial charge in [0, 0.05) is 31.5 Å². The predicted octanol–water partition coefficient (Wildman–Crippen LogP) is 2.42. The van der Waals surface area contributed by atoms with Gasteiger partial charge in [-0.15, -0.1) is 0 Å². The van der Waals surface area contributed by atoms with Gasteiger partial charge in [-0.3, -0.25) is 9.59 Å². The zero-order chi connectivity index (χ0) is 23.3. The molecule has 1 fully saturated rings. The van der Waals surface area contributed by atoms with E-state index in [0.29, 0.717) is 18.9 Å². The number of sulfone groups is 1. The topological polar surface area (TPSA) is 96.0 Å². The van der Waals surface area contributed by atoms with Crippen LogP contribution in [0.2, 0.25) is 0 Å². The first-order valence-electron chi connectivity index (χ1n) is 10.5. The van der Waals surface area contributed by atoms with Crippen molar-refractivity contribution in [2.24, 2.45) is 0 Å². The number of hydrogen-bond donors (Lipinski definition) is 1. The molecule has 0 radical (unpaired) electrons. The lowest BCUT2D eigenvalue weighted by molar-refractivity contribution is -0.116. The van der Waals surface area contributed by atoms with E-state index in [4.69, 9.17) is 4.74 Å². The number of carbonyl (C=O) groups is 2. The molecule has 172 valence electrons. The number of ether oxygens (including phenoxy) is 1. The van der Waals surface area contributed by atoms with Gasteiger partial charge in [-0.25, -0.2) is 8.42 Å². The maximum absolute atomic E-state index is 12.9. The highest BCUT2D eigenvalue weighted by Crippen LogP contribution is 2.22. The lowest BCUT2D eigenvalue weighted by Gasteiger charge is -2.28. The Balaban J connectivity index is 1.64.